The fourth-order valence-corrected chi connectivity index (χ4v) is 3.27. The van der Waals surface area contributed by atoms with Crippen LogP contribution in [0.3, 0.4) is 0 Å². The number of sulfonamides is 1. The number of nitrogens with zero attached hydrogens (tertiary/aromatic N) is 1. The monoisotopic (exact) mass is 284 g/mol. The number of anilines is 1. The molecule has 1 rings (SSSR count). The minimum atomic E-state index is -3.41. The van der Waals surface area contributed by atoms with Crippen molar-refractivity contribution in [3.8, 4) is 0 Å². The van der Waals surface area contributed by atoms with E-state index in [0.29, 0.717) is 19.5 Å². The van der Waals surface area contributed by atoms with Gasteiger partial charge in [-0.05, 0) is 52.3 Å². The lowest BCUT2D eigenvalue weighted by atomic mass is 10.2. The lowest BCUT2D eigenvalue weighted by Gasteiger charge is -2.32. The van der Waals surface area contributed by atoms with E-state index in [2.05, 4.69) is 0 Å². The molecule has 2 N–H and O–H groups in total. The average Bonchev–Trinajstić information content (AvgIpc) is 2.30. The van der Waals surface area contributed by atoms with Crippen LogP contribution in [0.2, 0.25) is 0 Å². The molecule has 0 fully saturated rings. The zero-order valence-corrected chi connectivity index (χ0v) is 13.0. The number of hydrogen-bond acceptors (Lipinski definition) is 3. The molecule has 0 spiro atoms. The van der Waals surface area contributed by atoms with Crippen molar-refractivity contribution in [1.82, 2.24) is 0 Å². The normalized spacial score (nSPS) is 12.5. The Morgan fingerprint density at radius 3 is 2.26 bits per heavy atom. The van der Waals surface area contributed by atoms with Gasteiger partial charge in [-0.3, -0.25) is 4.31 Å². The summed E-state index contributed by atoms with van der Waals surface area (Å²) >= 11 is 0. The zero-order valence-electron chi connectivity index (χ0n) is 12.2. The molecule has 0 aliphatic heterocycles. The van der Waals surface area contributed by atoms with Crippen molar-refractivity contribution < 1.29 is 8.42 Å². The van der Waals surface area contributed by atoms with Gasteiger partial charge < -0.3 is 5.73 Å². The first-order valence-corrected chi connectivity index (χ1v) is 7.94. The molecule has 0 amide bonds. The standard InChI is InChI=1S/C14H24N2O2S/c1-12-8-5-6-9-13(12)16(11-7-10-15)19(17,18)14(2,3)4/h5-6,8-9H,7,10-11,15H2,1-4H3. The van der Waals surface area contributed by atoms with Gasteiger partial charge in [-0.25, -0.2) is 8.42 Å². The largest absolute Gasteiger partial charge is 0.330 e. The molecule has 0 radical (unpaired) electrons. The zero-order chi connectivity index (χ0) is 14.7. The predicted octanol–water partition coefficient (Wildman–Crippen LogP) is 2.28. The van der Waals surface area contributed by atoms with Gasteiger partial charge in [-0.15, -0.1) is 0 Å². The lowest BCUT2D eigenvalue weighted by molar-refractivity contribution is 0.553. The van der Waals surface area contributed by atoms with Crippen LogP contribution in [-0.4, -0.2) is 26.3 Å². The van der Waals surface area contributed by atoms with Crippen LogP contribution < -0.4 is 10.0 Å². The van der Waals surface area contributed by atoms with Gasteiger partial charge in [0.05, 0.1) is 10.4 Å². The van der Waals surface area contributed by atoms with Crippen LogP contribution in [0.5, 0.6) is 0 Å². The molecular weight excluding hydrogens is 260 g/mol. The van der Waals surface area contributed by atoms with E-state index < -0.39 is 14.8 Å². The summed E-state index contributed by atoms with van der Waals surface area (Å²) < 4.78 is 26.1. The smallest absolute Gasteiger partial charge is 0.240 e. The lowest BCUT2D eigenvalue weighted by Crippen LogP contribution is -2.44. The predicted molar refractivity (Wildman–Crippen MR) is 80.9 cm³/mol. The third-order valence-corrected chi connectivity index (χ3v) is 5.52. The summed E-state index contributed by atoms with van der Waals surface area (Å²) in [6, 6.07) is 7.53. The van der Waals surface area contributed by atoms with Crippen LogP contribution in [0.15, 0.2) is 24.3 Å². The Balaban J connectivity index is 3.28. The molecule has 0 heterocycles. The molecule has 0 saturated carbocycles. The third-order valence-electron chi connectivity index (χ3n) is 3.01. The van der Waals surface area contributed by atoms with Crippen LogP contribution in [0, 0.1) is 6.92 Å². The third kappa shape index (κ3) is 3.48. The SMILES string of the molecule is Cc1ccccc1N(CCCN)S(=O)(=O)C(C)(C)C. The Hall–Kier alpha value is -1.07. The maximum Gasteiger partial charge on any atom is 0.240 e. The van der Waals surface area contributed by atoms with E-state index in [-0.39, 0.29) is 0 Å². The summed E-state index contributed by atoms with van der Waals surface area (Å²) in [5.41, 5.74) is 7.22. The Morgan fingerprint density at radius 2 is 1.79 bits per heavy atom. The second-order valence-corrected chi connectivity index (χ2v) is 8.23. The Bertz CT molecular complexity index is 518. The number of para-hydroxylation sites is 1. The van der Waals surface area contributed by atoms with Gasteiger partial charge >= 0.3 is 0 Å². The summed E-state index contributed by atoms with van der Waals surface area (Å²) in [6.45, 7) is 7.97. The van der Waals surface area contributed by atoms with Crippen molar-refractivity contribution in [3.63, 3.8) is 0 Å². The summed E-state index contributed by atoms with van der Waals surface area (Å²) in [6.07, 6.45) is 0.643. The highest BCUT2D eigenvalue weighted by Gasteiger charge is 2.35. The van der Waals surface area contributed by atoms with Crippen molar-refractivity contribution in [2.45, 2.75) is 38.9 Å². The molecule has 0 aromatic heterocycles. The Kier molecular flexibility index (Phi) is 4.98. The quantitative estimate of drug-likeness (QED) is 0.902. The first-order valence-electron chi connectivity index (χ1n) is 6.50. The van der Waals surface area contributed by atoms with Crippen LogP contribution in [0.4, 0.5) is 5.69 Å². The highest BCUT2D eigenvalue weighted by molar-refractivity contribution is 7.94. The second-order valence-electron chi connectivity index (χ2n) is 5.62. The molecule has 0 bridgehead atoms. The molecule has 0 aliphatic rings. The molecule has 0 aliphatic carbocycles. The summed E-state index contributed by atoms with van der Waals surface area (Å²) in [7, 11) is -3.41. The van der Waals surface area contributed by atoms with E-state index in [1.54, 1.807) is 20.8 Å². The molecular formula is C14H24N2O2S. The van der Waals surface area contributed by atoms with Crippen molar-refractivity contribution in [2.24, 2.45) is 5.73 Å². The number of nitrogens with two attached hydrogens (primary N) is 1. The molecule has 1 aromatic carbocycles. The van der Waals surface area contributed by atoms with Gasteiger partial charge in [-0.1, -0.05) is 18.2 Å². The van der Waals surface area contributed by atoms with Gasteiger partial charge in [0.25, 0.3) is 0 Å². The molecule has 5 heteroatoms. The van der Waals surface area contributed by atoms with Crippen molar-refractivity contribution in [3.05, 3.63) is 29.8 Å². The van der Waals surface area contributed by atoms with E-state index in [1.165, 1.54) is 4.31 Å². The average molecular weight is 284 g/mol. The Labute approximate surface area is 116 Å². The molecule has 0 saturated heterocycles. The maximum atomic E-state index is 12.7. The number of aryl methyl sites for hydroxylation is 1. The van der Waals surface area contributed by atoms with Gasteiger partial charge in [0.1, 0.15) is 0 Å². The summed E-state index contributed by atoms with van der Waals surface area (Å²) in [5.74, 6) is 0. The molecule has 0 unspecified atom stereocenters. The van der Waals surface area contributed by atoms with E-state index >= 15 is 0 Å². The van der Waals surface area contributed by atoms with E-state index in [4.69, 9.17) is 5.73 Å². The van der Waals surface area contributed by atoms with Crippen molar-refractivity contribution in [2.75, 3.05) is 17.4 Å². The van der Waals surface area contributed by atoms with E-state index in [0.717, 1.165) is 11.3 Å². The summed E-state index contributed by atoms with van der Waals surface area (Å²) in [5, 5.41) is 0. The number of rotatable bonds is 5. The van der Waals surface area contributed by atoms with Gasteiger partial charge in [-0.2, -0.15) is 0 Å². The van der Waals surface area contributed by atoms with Gasteiger partial charge in [0, 0.05) is 6.54 Å². The minimum Gasteiger partial charge on any atom is -0.330 e. The van der Waals surface area contributed by atoms with Crippen LogP contribution in [0.1, 0.15) is 32.8 Å². The highest BCUT2D eigenvalue weighted by Crippen LogP contribution is 2.28. The minimum absolute atomic E-state index is 0.418. The van der Waals surface area contributed by atoms with Gasteiger partial charge in [0.2, 0.25) is 10.0 Å². The molecule has 1 aromatic rings. The van der Waals surface area contributed by atoms with E-state index in [9.17, 15) is 8.42 Å². The fraction of sp³-hybridized carbons (Fsp3) is 0.571. The van der Waals surface area contributed by atoms with Crippen molar-refractivity contribution >= 4 is 15.7 Å². The van der Waals surface area contributed by atoms with Crippen molar-refractivity contribution in [1.29, 1.82) is 0 Å². The first-order chi connectivity index (χ1) is 8.71. The van der Waals surface area contributed by atoms with Crippen LogP contribution in [-0.2, 0) is 10.0 Å². The number of benzene rings is 1. The Morgan fingerprint density at radius 1 is 1.21 bits per heavy atom. The second kappa shape index (κ2) is 5.92. The topological polar surface area (TPSA) is 63.4 Å². The summed E-state index contributed by atoms with van der Waals surface area (Å²) in [4.78, 5) is 0. The maximum absolute atomic E-state index is 12.7. The molecule has 108 valence electrons. The van der Waals surface area contributed by atoms with Crippen LogP contribution in [0.25, 0.3) is 0 Å². The number of hydrogen-bond donors (Lipinski definition) is 1. The fourth-order valence-electron chi connectivity index (χ4n) is 1.78. The highest BCUT2D eigenvalue weighted by atomic mass is 32.2. The first kappa shape index (κ1) is 16.0. The van der Waals surface area contributed by atoms with Gasteiger partial charge in [0.15, 0.2) is 0 Å². The van der Waals surface area contributed by atoms with Crippen LogP contribution >= 0.6 is 0 Å². The molecule has 0 atom stereocenters. The molecule has 4 nitrogen and oxygen atoms in total. The van der Waals surface area contributed by atoms with E-state index in [1.807, 2.05) is 31.2 Å². The molecule has 19 heavy (non-hydrogen) atoms.